The highest BCUT2D eigenvalue weighted by atomic mass is 16.1. The molecule has 0 saturated carbocycles. The Morgan fingerprint density at radius 3 is 2.85 bits per heavy atom. The zero-order valence-corrected chi connectivity index (χ0v) is 7.50. The molecule has 0 saturated heterocycles. The molecular weight excluding hydrogens is 164 g/mol. The van der Waals surface area contributed by atoms with Crippen LogP contribution >= 0.6 is 0 Å². The minimum absolute atomic E-state index is 0.229. The summed E-state index contributed by atoms with van der Waals surface area (Å²) in [6.45, 7) is 5.32. The summed E-state index contributed by atoms with van der Waals surface area (Å²) in [7, 11) is 0. The highest BCUT2D eigenvalue weighted by Gasteiger charge is 2.06. The Hall–Kier alpha value is -1.77. The standard InChI is InChI=1S/C10H12N2O/c1-3-12-10(13)8-5-4-7(2)6-9(8)11/h3-6H,1,11H2,2H3,(H,12,13). The SMILES string of the molecule is C=CNC(=O)c1ccc(C)cc1N. The first-order valence-electron chi connectivity index (χ1n) is 3.93. The van der Waals surface area contributed by atoms with Gasteiger partial charge < -0.3 is 11.1 Å². The summed E-state index contributed by atoms with van der Waals surface area (Å²) in [5.41, 5.74) is 7.66. The van der Waals surface area contributed by atoms with Gasteiger partial charge in [0.15, 0.2) is 0 Å². The van der Waals surface area contributed by atoms with Crippen LogP contribution in [0.25, 0.3) is 0 Å². The van der Waals surface area contributed by atoms with Gasteiger partial charge in [0.2, 0.25) is 0 Å². The van der Waals surface area contributed by atoms with Crippen molar-refractivity contribution >= 4 is 11.6 Å². The molecule has 13 heavy (non-hydrogen) atoms. The van der Waals surface area contributed by atoms with Crippen molar-refractivity contribution in [1.82, 2.24) is 5.32 Å². The number of anilines is 1. The normalized spacial score (nSPS) is 9.31. The average Bonchev–Trinajstić information content (AvgIpc) is 2.04. The molecule has 0 heterocycles. The maximum Gasteiger partial charge on any atom is 0.257 e. The number of rotatable bonds is 2. The smallest absolute Gasteiger partial charge is 0.257 e. The molecule has 0 spiro atoms. The molecule has 0 aromatic heterocycles. The predicted octanol–water partition coefficient (Wildman–Crippen LogP) is 1.45. The Kier molecular flexibility index (Phi) is 2.69. The van der Waals surface area contributed by atoms with Gasteiger partial charge in [-0.05, 0) is 30.8 Å². The van der Waals surface area contributed by atoms with Crippen LogP contribution in [0.15, 0.2) is 31.0 Å². The third kappa shape index (κ3) is 2.08. The molecule has 0 unspecified atom stereocenters. The van der Waals surface area contributed by atoms with Crippen LogP contribution < -0.4 is 11.1 Å². The van der Waals surface area contributed by atoms with Gasteiger partial charge in [-0.2, -0.15) is 0 Å². The van der Waals surface area contributed by atoms with E-state index in [0.717, 1.165) is 5.56 Å². The lowest BCUT2D eigenvalue weighted by molar-refractivity contribution is 0.0971. The summed E-state index contributed by atoms with van der Waals surface area (Å²) in [5, 5.41) is 2.47. The molecule has 0 aliphatic rings. The van der Waals surface area contributed by atoms with Crippen LogP contribution in [0.4, 0.5) is 5.69 Å². The number of carbonyl (C=O) groups excluding carboxylic acids is 1. The van der Waals surface area contributed by atoms with Crippen molar-refractivity contribution in [3.8, 4) is 0 Å². The van der Waals surface area contributed by atoms with E-state index < -0.39 is 0 Å². The van der Waals surface area contributed by atoms with E-state index in [0.29, 0.717) is 11.3 Å². The average molecular weight is 176 g/mol. The van der Waals surface area contributed by atoms with Gasteiger partial charge in [0.1, 0.15) is 0 Å². The second-order valence-electron chi connectivity index (χ2n) is 2.77. The predicted molar refractivity (Wildman–Crippen MR) is 53.3 cm³/mol. The Labute approximate surface area is 77.3 Å². The molecule has 3 N–H and O–H groups in total. The fourth-order valence-electron chi connectivity index (χ4n) is 1.06. The minimum Gasteiger partial charge on any atom is -0.398 e. The summed E-state index contributed by atoms with van der Waals surface area (Å²) in [5.74, 6) is -0.229. The molecule has 3 nitrogen and oxygen atoms in total. The van der Waals surface area contributed by atoms with Crippen molar-refractivity contribution < 1.29 is 4.79 Å². The molecule has 0 aliphatic heterocycles. The maximum atomic E-state index is 11.3. The summed E-state index contributed by atoms with van der Waals surface area (Å²) in [6.07, 6.45) is 1.33. The minimum atomic E-state index is -0.229. The van der Waals surface area contributed by atoms with E-state index >= 15 is 0 Å². The van der Waals surface area contributed by atoms with Gasteiger partial charge >= 0.3 is 0 Å². The fraction of sp³-hybridized carbons (Fsp3) is 0.100. The Bertz CT molecular complexity index is 345. The quantitative estimate of drug-likeness (QED) is 0.670. The van der Waals surface area contributed by atoms with Gasteiger partial charge in [0, 0.05) is 5.69 Å². The van der Waals surface area contributed by atoms with Crippen molar-refractivity contribution in [2.75, 3.05) is 5.73 Å². The maximum absolute atomic E-state index is 11.3. The van der Waals surface area contributed by atoms with E-state index in [-0.39, 0.29) is 5.91 Å². The monoisotopic (exact) mass is 176 g/mol. The van der Waals surface area contributed by atoms with Crippen LogP contribution in [0, 0.1) is 6.92 Å². The fourth-order valence-corrected chi connectivity index (χ4v) is 1.06. The number of hydrogen-bond donors (Lipinski definition) is 2. The van der Waals surface area contributed by atoms with Crippen LogP contribution in [0.2, 0.25) is 0 Å². The molecule has 0 fully saturated rings. The molecule has 1 rings (SSSR count). The van der Waals surface area contributed by atoms with Crippen molar-refractivity contribution in [3.05, 3.63) is 42.1 Å². The lowest BCUT2D eigenvalue weighted by atomic mass is 10.1. The van der Waals surface area contributed by atoms with Crippen LogP contribution in [0.1, 0.15) is 15.9 Å². The van der Waals surface area contributed by atoms with Crippen LogP contribution in [0.5, 0.6) is 0 Å². The van der Waals surface area contributed by atoms with Crippen LogP contribution in [0.3, 0.4) is 0 Å². The number of carbonyl (C=O) groups is 1. The van der Waals surface area contributed by atoms with Gasteiger partial charge in [0.05, 0.1) is 5.56 Å². The Balaban J connectivity index is 3.01. The van der Waals surface area contributed by atoms with Gasteiger partial charge in [-0.15, -0.1) is 0 Å². The Morgan fingerprint density at radius 1 is 1.62 bits per heavy atom. The van der Waals surface area contributed by atoms with Crippen molar-refractivity contribution in [2.45, 2.75) is 6.92 Å². The van der Waals surface area contributed by atoms with E-state index in [1.54, 1.807) is 12.1 Å². The van der Waals surface area contributed by atoms with Crippen molar-refractivity contribution in [1.29, 1.82) is 0 Å². The zero-order valence-electron chi connectivity index (χ0n) is 7.50. The lowest BCUT2D eigenvalue weighted by Crippen LogP contribution is -2.18. The van der Waals surface area contributed by atoms with Crippen LogP contribution in [-0.2, 0) is 0 Å². The number of amides is 1. The van der Waals surface area contributed by atoms with E-state index in [4.69, 9.17) is 5.73 Å². The van der Waals surface area contributed by atoms with Crippen molar-refractivity contribution in [2.24, 2.45) is 0 Å². The molecular formula is C10H12N2O. The van der Waals surface area contributed by atoms with Crippen LogP contribution in [-0.4, -0.2) is 5.91 Å². The lowest BCUT2D eigenvalue weighted by Gasteiger charge is -2.04. The second-order valence-corrected chi connectivity index (χ2v) is 2.77. The molecule has 0 aliphatic carbocycles. The molecule has 0 radical (unpaired) electrons. The Morgan fingerprint density at radius 2 is 2.31 bits per heavy atom. The molecule has 1 aromatic carbocycles. The van der Waals surface area contributed by atoms with Crippen molar-refractivity contribution in [3.63, 3.8) is 0 Å². The summed E-state index contributed by atoms with van der Waals surface area (Å²) in [6, 6.07) is 5.30. The third-order valence-corrected chi connectivity index (χ3v) is 1.68. The summed E-state index contributed by atoms with van der Waals surface area (Å²) in [4.78, 5) is 11.3. The topological polar surface area (TPSA) is 55.1 Å². The molecule has 68 valence electrons. The zero-order chi connectivity index (χ0) is 9.84. The first-order valence-corrected chi connectivity index (χ1v) is 3.93. The number of nitrogens with one attached hydrogen (secondary N) is 1. The van der Waals surface area contributed by atoms with Gasteiger partial charge in [-0.1, -0.05) is 12.6 Å². The molecule has 1 aromatic rings. The number of benzene rings is 1. The van der Waals surface area contributed by atoms with Gasteiger partial charge in [-0.25, -0.2) is 0 Å². The van der Waals surface area contributed by atoms with E-state index in [2.05, 4.69) is 11.9 Å². The molecule has 0 bridgehead atoms. The molecule has 1 amide bonds. The first-order chi connectivity index (χ1) is 6.15. The molecule has 0 atom stereocenters. The van der Waals surface area contributed by atoms with Gasteiger partial charge in [-0.3, -0.25) is 4.79 Å². The van der Waals surface area contributed by atoms with Gasteiger partial charge in [0.25, 0.3) is 5.91 Å². The number of hydrogen-bond acceptors (Lipinski definition) is 2. The summed E-state index contributed by atoms with van der Waals surface area (Å²) < 4.78 is 0. The largest absolute Gasteiger partial charge is 0.398 e. The second kappa shape index (κ2) is 3.76. The molecule has 3 heteroatoms. The van der Waals surface area contributed by atoms with E-state index in [1.165, 1.54) is 6.20 Å². The number of aryl methyl sites for hydroxylation is 1. The number of nitrogen functional groups attached to an aromatic ring is 1. The van der Waals surface area contributed by atoms with E-state index in [9.17, 15) is 4.79 Å². The first kappa shape index (κ1) is 9.32. The highest BCUT2D eigenvalue weighted by Crippen LogP contribution is 2.13. The van der Waals surface area contributed by atoms with E-state index in [1.807, 2.05) is 13.0 Å². The third-order valence-electron chi connectivity index (χ3n) is 1.68. The number of nitrogens with two attached hydrogens (primary N) is 1. The summed E-state index contributed by atoms with van der Waals surface area (Å²) >= 11 is 0. The highest BCUT2D eigenvalue weighted by molar-refractivity contribution is 5.99.